The minimum atomic E-state index is -1.06. The SMILES string of the molecule is C#C[C@@H](C)[C@H]1ON=C([C@@H](C)OCc2ccccc2)[C@H]1O.C#C[C@@H](C)[C@H]1O[N+]([O-])=C([C@@H](C)OCc2ccccc2)[C@H]1O.COP(OC)OC. The van der Waals surface area contributed by atoms with E-state index in [1.54, 1.807) is 35.2 Å². The molecule has 0 amide bonds. The Morgan fingerprint density at radius 3 is 1.69 bits per heavy atom. The molecule has 0 unspecified atom stereocenters. The normalized spacial score (nSPS) is 22.3. The van der Waals surface area contributed by atoms with Crippen LogP contribution in [0.2, 0.25) is 0 Å². The molecule has 2 N–H and O–H groups in total. The lowest BCUT2D eigenvalue weighted by Crippen LogP contribution is -2.39. The summed E-state index contributed by atoms with van der Waals surface area (Å²) in [5.41, 5.74) is 2.71. The number of rotatable bonds is 13. The summed E-state index contributed by atoms with van der Waals surface area (Å²) in [6, 6.07) is 19.4. The summed E-state index contributed by atoms with van der Waals surface area (Å²) < 4.78 is 25.4. The van der Waals surface area contributed by atoms with E-state index in [2.05, 4.69) is 30.6 Å². The van der Waals surface area contributed by atoms with Gasteiger partial charge in [-0.2, -0.15) is 0 Å². The van der Waals surface area contributed by atoms with Crippen LogP contribution in [0.3, 0.4) is 0 Å². The van der Waals surface area contributed by atoms with E-state index in [-0.39, 0.29) is 23.7 Å². The highest BCUT2D eigenvalue weighted by Gasteiger charge is 2.44. The van der Waals surface area contributed by atoms with Gasteiger partial charge in [-0.05, 0) is 38.8 Å². The Morgan fingerprint density at radius 2 is 1.25 bits per heavy atom. The lowest BCUT2D eigenvalue weighted by atomic mass is 9.96. The van der Waals surface area contributed by atoms with Crippen molar-refractivity contribution in [1.82, 2.24) is 0 Å². The topological polar surface area (TPSA) is 144 Å². The van der Waals surface area contributed by atoms with Gasteiger partial charge in [0.25, 0.3) is 5.71 Å². The van der Waals surface area contributed by atoms with Gasteiger partial charge in [0.15, 0.2) is 12.2 Å². The van der Waals surface area contributed by atoms with Crippen molar-refractivity contribution in [3.05, 3.63) is 77.0 Å². The number of nitrogens with zero attached hydrogens (tertiary/aromatic N) is 2. The van der Waals surface area contributed by atoms with Crippen LogP contribution in [0.1, 0.15) is 38.8 Å². The van der Waals surface area contributed by atoms with Crippen LogP contribution < -0.4 is 0 Å². The predicted octanol–water partition coefficient (Wildman–Crippen LogP) is 4.62. The first kappa shape index (κ1) is 40.6. The molecule has 0 spiro atoms. The maximum Gasteiger partial charge on any atom is 0.331 e. The zero-order valence-electron chi connectivity index (χ0n) is 28.5. The summed E-state index contributed by atoms with van der Waals surface area (Å²) in [5, 5.41) is 36.1. The van der Waals surface area contributed by atoms with Gasteiger partial charge in [0.1, 0.15) is 24.0 Å². The lowest BCUT2D eigenvalue weighted by molar-refractivity contribution is -0.743. The maximum atomic E-state index is 11.8. The van der Waals surface area contributed by atoms with Crippen LogP contribution in [0.15, 0.2) is 65.8 Å². The van der Waals surface area contributed by atoms with Crippen LogP contribution in [0.25, 0.3) is 0 Å². The van der Waals surface area contributed by atoms with Gasteiger partial charge in [0, 0.05) is 32.1 Å². The summed E-state index contributed by atoms with van der Waals surface area (Å²) in [6.07, 6.45) is 6.69. The highest BCUT2D eigenvalue weighted by molar-refractivity contribution is 7.41. The molecule has 2 aliphatic rings. The molecule has 0 aromatic heterocycles. The average molecular weight is 687 g/mol. The van der Waals surface area contributed by atoms with Gasteiger partial charge in [-0.1, -0.05) is 71.7 Å². The monoisotopic (exact) mass is 686 g/mol. The molecule has 8 atom stereocenters. The molecule has 4 rings (SSSR count). The fraction of sp³-hybridized carbons (Fsp3) is 0.486. The Kier molecular flexibility index (Phi) is 18.1. The van der Waals surface area contributed by atoms with Crippen LogP contribution in [-0.4, -0.2) is 84.5 Å². The zero-order valence-corrected chi connectivity index (χ0v) is 29.4. The number of aliphatic hydroxyl groups excluding tert-OH is 2. The first-order valence-electron chi connectivity index (χ1n) is 15.3. The largest absolute Gasteiger partial charge is 0.395 e. The molecular weight excluding hydrogens is 639 g/mol. The molecule has 2 heterocycles. The van der Waals surface area contributed by atoms with Crippen LogP contribution >= 0.6 is 8.60 Å². The van der Waals surface area contributed by atoms with Crippen molar-refractivity contribution in [1.29, 1.82) is 0 Å². The third kappa shape index (κ3) is 12.2. The number of oxime groups is 1. The quantitative estimate of drug-likeness (QED) is 0.174. The molecule has 48 heavy (non-hydrogen) atoms. The van der Waals surface area contributed by atoms with Crippen molar-refractivity contribution >= 4 is 20.0 Å². The van der Waals surface area contributed by atoms with Crippen molar-refractivity contribution in [2.24, 2.45) is 17.0 Å². The summed E-state index contributed by atoms with van der Waals surface area (Å²) in [5.74, 6) is 4.46. The number of aliphatic hydroxyl groups is 2. The molecule has 0 saturated heterocycles. The molecule has 13 heteroatoms. The van der Waals surface area contributed by atoms with E-state index in [0.29, 0.717) is 23.8 Å². The van der Waals surface area contributed by atoms with E-state index in [1.165, 1.54) is 0 Å². The molecule has 0 bridgehead atoms. The summed E-state index contributed by atoms with van der Waals surface area (Å²) in [6.45, 7) is 7.91. The summed E-state index contributed by atoms with van der Waals surface area (Å²) in [4.78, 5) is 10.6. The van der Waals surface area contributed by atoms with Crippen molar-refractivity contribution in [3.63, 3.8) is 0 Å². The smallest absolute Gasteiger partial charge is 0.331 e. The van der Waals surface area contributed by atoms with Crippen LogP contribution in [-0.2, 0) is 45.9 Å². The van der Waals surface area contributed by atoms with Crippen LogP contribution in [0, 0.1) is 41.7 Å². The Bertz CT molecular complexity index is 1360. The van der Waals surface area contributed by atoms with Crippen molar-refractivity contribution in [2.75, 3.05) is 21.3 Å². The highest BCUT2D eigenvalue weighted by atomic mass is 31.2. The fourth-order valence-corrected chi connectivity index (χ4v) is 4.96. The Labute approximate surface area is 285 Å². The second-order valence-corrected chi connectivity index (χ2v) is 12.3. The van der Waals surface area contributed by atoms with Crippen molar-refractivity contribution < 1.29 is 47.8 Å². The first-order chi connectivity index (χ1) is 23.0. The third-order valence-corrected chi connectivity index (χ3v) is 8.31. The maximum absolute atomic E-state index is 11.8. The summed E-state index contributed by atoms with van der Waals surface area (Å²) in [7, 11) is 3.57. The molecule has 12 nitrogen and oxygen atoms in total. The van der Waals surface area contributed by atoms with Gasteiger partial charge in [-0.25, -0.2) is 0 Å². The predicted molar refractivity (Wildman–Crippen MR) is 183 cm³/mol. The van der Waals surface area contributed by atoms with Gasteiger partial charge in [0.05, 0.1) is 25.2 Å². The summed E-state index contributed by atoms with van der Waals surface area (Å²) >= 11 is 0. The molecule has 0 saturated carbocycles. The lowest BCUT2D eigenvalue weighted by Gasteiger charge is -2.19. The van der Waals surface area contributed by atoms with Gasteiger partial charge in [-0.3, -0.25) is 5.21 Å². The van der Waals surface area contributed by atoms with E-state index in [9.17, 15) is 15.4 Å². The van der Waals surface area contributed by atoms with Crippen LogP contribution in [0.5, 0.6) is 0 Å². The molecule has 2 aromatic rings. The van der Waals surface area contributed by atoms with E-state index in [4.69, 9.17) is 32.0 Å². The van der Waals surface area contributed by atoms with Gasteiger partial charge < -0.3 is 42.9 Å². The number of hydrogen-bond donors (Lipinski definition) is 2. The van der Waals surface area contributed by atoms with E-state index < -0.39 is 39.1 Å². The Hall–Kier alpha value is -3.55. The highest BCUT2D eigenvalue weighted by Crippen LogP contribution is 2.35. The molecular formula is C35H47N2O10P. The van der Waals surface area contributed by atoms with Crippen molar-refractivity contribution in [2.45, 2.75) is 77.5 Å². The van der Waals surface area contributed by atoms with Gasteiger partial charge >= 0.3 is 8.60 Å². The zero-order chi connectivity index (χ0) is 35.6. The number of benzene rings is 2. The number of hydrogen-bond acceptors (Lipinski definition) is 11. The fourth-order valence-electron chi connectivity index (χ4n) is 4.52. The molecule has 262 valence electrons. The minimum absolute atomic E-state index is 0.151. The van der Waals surface area contributed by atoms with E-state index in [0.717, 1.165) is 11.1 Å². The standard InChI is InChI=1S/C16H19NO4.C16H19NO3.C3H9O3P/c1-4-11(2)16-15(18)14(17(19)21-16)12(3)20-10-13-8-6-5-7-9-13;1-4-11(2)16-15(18)14(17-20-16)12(3)19-10-13-8-6-5-7-9-13;1-4-7(5-2)6-3/h1,5-9,11-12,15-16,18H,10H2,2-3H3;1,5-9,11-12,15-16,18H,10H2,2-3H3;1-3H3/t2*11-,12-,15-,16-;/m11./s1. The second kappa shape index (κ2) is 21.4. The molecule has 2 aromatic carbocycles. The van der Waals surface area contributed by atoms with Crippen molar-refractivity contribution in [3.8, 4) is 24.7 Å². The van der Waals surface area contributed by atoms with Gasteiger partial charge in [-0.15, -0.1) is 18.8 Å². The molecule has 2 aliphatic heterocycles. The molecule has 0 fully saturated rings. The average Bonchev–Trinajstić information content (AvgIpc) is 3.65. The van der Waals surface area contributed by atoms with Gasteiger partial charge in [0.2, 0.25) is 0 Å². The molecule has 0 radical (unpaired) electrons. The third-order valence-electron chi connectivity index (χ3n) is 7.41. The second-order valence-electron chi connectivity index (χ2n) is 10.8. The first-order valence-corrected chi connectivity index (χ1v) is 16.4. The van der Waals surface area contributed by atoms with E-state index in [1.807, 2.05) is 74.5 Å². The number of terminal acetylenes is 2. The Morgan fingerprint density at radius 1 is 0.792 bits per heavy atom. The number of ether oxygens (including phenoxy) is 2. The Balaban J connectivity index is 0.000000279. The minimum Gasteiger partial charge on any atom is -0.395 e. The van der Waals surface area contributed by atoms with Crippen LogP contribution in [0.4, 0.5) is 0 Å². The van der Waals surface area contributed by atoms with E-state index >= 15 is 0 Å². The molecule has 0 aliphatic carbocycles.